The summed E-state index contributed by atoms with van der Waals surface area (Å²) in [4.78, 5) is 3.87. The molecule has 1 rings (SSSR count). The van der Waals surface area contributed by atoms with Crippen LogP contribution in [0.4, 0.5) is 13.2 Å². The highest BCUT2D eigenvalue weighted by atomic mass is 19.4. The molecule has 1 heterocycles. The van der Waals surface area contributed by atoms with E-state index in [0.29, 0.717) is 6.54 Å². The minimum absolute atomic E-state index is 0.172. The number of pyridine rings is 1. The van der Waals surface area contributed by atoms with Crippen molar-refractivity contribution in [1.29, 1.82) is 0 Å². The number of aromatic nitrogens is 1. The molecule has 1 atom stereocenters. The Labute approximate surface area is 112 Å². The molecule has 108 valence electrons. The highest BCUT2D eigenvalue weighted by Gasteiger charge is 2.36. The molecule has 1 aromatic rings. The fourth-order valence-corrected chi connectivity index (χ4v) is 2.42. The maximum absolute atomic E-state index is 13.1. The maximum atomic E-state index is 13.1. The number of alkyl halides is 3. The lowest BCUT2D eigenvalue weighted by Crippen LogP contribution is -2.30. The van der Waals surface area contributed by atoms with Crippen molar-refractivity contribution in [3.8, 4) is 0 Å². The molecule has 0 aliphatic carbocycles. The zero-order chi connectivity index (χ0) is 14.5. The highest BCUT2D eigenvalue weighted by Crippen LogP contribution is 2.37. The predicted octanol–water partition coefficient (Wildman–Crippen LogP) is 4.19. The number of hydrogen-bond acceptors (Lipinski definition) is 2. The summed E-state index contributed by atoms with van der Waals surface area (Å²) < 4.78 is 39.2. The van der Waals surface area contributed by atoms with Crippen LogP contribution in [0.1, 0.15) is 50.8 Å². The summed E-state index contributed by atoms with van der Waals surface area (Å²) in [5.74, 6) is 0.172. The van der Waals surface area contributed by atoms with Gasteiger partial charge < -0.3 is 5.32 Å². The smallest absolute Gasteiger partial charge is 0.310 e. The molecular weight excluding hydrogens is 253 g/mol. The average Bonchev–Trinajstić information content (AvgIpc) is 2.38. The molecule has 0 radical (unpaired) electrons. The van der Waals surface area contributed by atoms with E-state index in [1.54, 1.807) is 0 Å². The fourth-order valence-electron chi connectivity index (χ4n) is 2.42. The van der Waals surface area contributed by atoms with Crippen LogP contribution in [0.5, 0.6) is 0 Å². The zero-order valence-electron chi connectivity index (χ0n) is 11.6. The highest BCUT2D eigenvalue weighted by molar-refractivity contribution is 5.29. The van der Waals surface area contributed by atoms with Gasteiger partial charge >= 0.3 is 6.18 Å². The third-order valence-electron chi connectivity index (χ3n) is 3.44. The van der Waals surface area contributed by atoms with Crippen LogP contribution < -0.4 is 5.32 Å². The number of halogens is 3. The normalized spacial score (nSPS) is 13.8. The van der Waals surface area contributed by atoms with Gasteiger partial charge in [0.2, 0.25) is 0 Å². The Hall–Kier alpha value is -1.10. The summed E-state index contributed by atoms with van der Waals surface area (Å²) in [5.41, 5.74) is -0.328. The van der Waals surface area contributed by atoms with Crippen molar-refractivity contribution in [1.82, 2.24) is 10.3 Å². The molecule has 2 nitrogen and oxygen atoms in total. The van der Waals surface area contributed by atoms with Crippen molar-refractivity contribution in [3.05, 3.63) is 29.6 Å². The van der Waals surface area contributed by atoms with Gasteiger partial charge in [-0.1, -0.05) is 33.6 Å². The zero-order valence-corrected chi connectivity index (χ0v) is 11.6. The lowest BCUT2D eigenvalue weighted by Gasteiger charge is -2.28. The Morgan fingerprint density at radius 2 is 1.84 bits per heavy atom. The van der Waals surface area contributed by atoms with Crippen molar-refractivity contribution < 1.29 is 13.2 Å². The predicted molar refractivity (Wildman–Crippen MR) is 69.7 cm³/mol. The Kier molecular flexibility index (Phi) is 5.79. The van der Waals surface area contributed by atoms with E-state index in [1.165, 1.54) is 12.4 Å². The van der Waals surface area contributed by atoms with Gasteiger partial charge in [-0.05, 0) is 24.1 Å². The van der Waals surface area contributed by atoms with Crippen LogP contribution in [0.2, 0.25) is 0 Å². The van der Waals surface area contributed by atoms with E-state index < -0.39 is 11.7 Å². The number of rotatable bonds is 6. The van der Waals surface area contributed by atoms with Crippen LogP contribution in [-0.2, 0) is 6.18 Å². The molecule has 5 heteroatoms. The molecule has 0 fully saturated rings. The summed E-state index contributed by atoms with van der Waals surface area (Å²) in [5, 5.41) is 3.17. The molecule has 0 amide bonds. The van der Waals surface area contributed by atoms with Crippen LogP contribution in [0, 0.1) is 5.92 Å². The van der Waals surface area contributed by atoms with E-state index in [1.807, 2.05) is 20.8 Å². The van der Waals surface area contributed by atoms with Gasteiger partial charge in [-0.15, -0.1) is 0 Å². The van der Waals surface area contributed by atoms with E-state index >= 15 is 0 Å². The monoisotopic (exact) mass is 274 g/mol. The third kappa shape index (κ3) is 3.93. The first-order valence-electron chi connectivity index (χ1n) is 6.70. The molecule has 0 aromatic carbocycles. The molecule has 0 aliphatic rings. The Morgan fingerprint density at radius 3 is 2.32 bits per heavy atom. The van der Waals surface area contributed by atoms with Crippen molar-refractivity contribution >= 4 is 0 Å². The van der Waals surface area contributed by atoms with E-state index in [9.17, 15) is 13.2 Å². The van der Waals surface area contributed by atoms with Crippen molar-refractivity contribution in [2.75, 3.05) is 6.54 Å². The third-order valence-corrected chi connectivity index (χ3v) is 3.44. The van der Waals surface area contributed by atoms with Gasteiger partial charge in [0.05, 0.1) is 5.56 Å². The fraction of sp³-hybridized carbons (Fsp3) is 0.643. The molecule has 19 heavy (non-hydrogen) atoms. The molecule has 0 saturated heterocycles. The van der Waals surface area contributed by atoms with E-state index in [0.717, 1.165) is 18.9 Å². The van der Waals surface area contributed by atoms with Gasteiger partial charge in [-0.3, -0.25) is 4.98 Å². The van der Waals surface area contributed by atoms with E-state index in [-0.39, 0.29) is 17.5 Å². The lowest BCUT2D eigenvalue weighted by atomic mass is 9.87. The topological polar surface area (TPSA) is 24.9 Å². The van der Waals surface area contributed by atoms with Crippen molar-refractivity contribution in [2.45, 2.75) is 45.8 Å². The van der Waals surface area contributed by atoms with Gasteiger partial charge in [0, 0.05) is 18.4 Å². The van der Waals surface area contributed by atoms with Gasteiger partial charge in [-0.2, -0.15) is 13.2 Å². The van der Waals surface area contributed by atoms with Crippen LogP contribution >= 0.6 is 0 Å². The van der Waals surface area contributed by atoms with Crippen LogP contribution in [-0.4, -0.2) is 11.5 Å². The SMILES string of the molecule is CCNC(c1cnccc1C(F)(F)F)C(CC)CC. The number of nitrogens with zero attached hydrogens (tertiary/aromatic N) is 1. The molecule has 0 saturated carbocycles. The molecule has 1 unspecified atom stereocenters. The summed E-state index contributed by atoms with van der Waals surface area (Å²) in [6.07, 6.45) is -0.130. The van der Waals surface area contributed by atoms with Crippen LogP contribution in [0.15, 0.2) is 18.5 Å². The first-order valence-corrected chi connectivity index (χ1v) is 6.70. The Bertz CT molecular complexity index is 387. The second-order valence-electron chi connectivity index (χ2n) is 4.57. The minimum atomic E-state index is -4.34. The quantitative estimate of drug-likeness (QED) is 0.841. The second kappa shape index (κ2) is 6.89. The van der Waals surface area contributed by atoms with E-state index in [2.05, 4.69) is 10.3 Å². The van der Waals surface area contributed by atoms with Crippen LogP contribution in [0.3, 0.4) is 0 Å². The lowest BCUT2D eigenvalue weighted by molar-refractivity contribution is -0.138. The standard InChI is InChI=1S/C14H21F3N2/c1-4-10(5-2)13(19-6-3)11-9-18-8-7-12(11)14(15,16)17/h7-10,13,19H,4-6H2,1-3H3. The summed E-state index contributed by atoms with van der Waals surface area (Å²) in [6.45, 7) is 6.54. The van der Waals surface area contributed by atoms with Crippen LogP contribution in [0.25, 0.3) is 0 Å². The summed E-state index contributed by atoms with van der Waals surface area (Å²) in [6, 6.07) is 0.757. The molecule has 1 N–H and O–H groups in total. The van der Waals surface area contributed by atoms with Gasteiger partial charge in [-0.25, -0.2) is 0 Å². The molecule has 0 aliphatic heterocycles. The van der Waals surface area contributed by atoms with Gasteiger partial charge in [0.1, 0.15) is 0 Å². The van der Waals surface area contributed by atoms with Gasteiger partial charge in [0.25, 0.3) is 0 Å². The maximum Gasteiger partial charge on any atom is 0.416 e. The van der Waals surface area contributed by atoms with Crippen molar-refractivity contribution in [3.63, 3.8) is 0 Å². The molecular formula is C14H21F3N2. The van der Waals surface area contributed by atoms with Gasteiger partial charge in [0.15, 0.2) is 0 Å². The van der Waals surface area contributed by atoms with Crippen molar-refractivity contribution in [2.24, 2.45) is 5.92 Å². The Morgan fingerprint density at radius 1 is 1.21 bits per heavy atom. The molecule has 0 bridgehead atoms. The first kappa shape index (κ1) is 16.0. The average molecular weight is 274 g/mol. The largest absolute Gasteiger partial charge is 0.416 e. The molecule has 1 aromatic heterocycles. The first-order chi connectivity index (χ1) is 8.95. The minimum Gasteiger partial charge on any atom is -0.310 e. The second-order valence-corrected chi connectivity index (χ2v) is 4.57. The Balaban J connectivity index is 3.22. The molecule has 0 spiro atoms. The number of nitrogens with one attached hydrogen (secondary N) is 1. The summed E-state index contributed by atoms with van der Waals surface area (Å²) in [7, 11) is 0. The summed E-state index contributed by atoms with van der Waals surface area (Å²) >= 11 is 0. The number of hydrogen-bond donors (Lipinski definition) is 1. The van der Waals surface area contributed by atoms with E-state index in [4.69, 9.17) is 0 Å².